The van der Waals surface area contributed by atoms with Crippen LogP contribution in [0.1, 0.15) is 39.0 Å². The second-order valence-corrected chi connectivity index (χ2v) is 8.44. The Morgan fingerprint density at radius 2 is 1.73 bits per heavy atom. The van der Waals surface area contributed by atoms with Gasteiger partial charge in [-0.05, 0) is 40.7 Å². The van der Waals surface area contributed by atoms with Gasteiger partial charge >= 0.3 is 5.63 Å². The van der Waals surface area contributed by atoms with Crippen LogP contribution in [0.25, 0.3) is 6.08 Å². The molecule has 2 N–H and O–H groups in total. The van der Waals surface area contributed by atoms with Crippen LogP contribution in [0.4, 0.5) is 0 Å². The number of aliphatic hydroxyl groups is 2. The molecule has 0 amide bonds. The van der Waals surface area contributed by atoms with Gasteiger partial charge in [0.2, 0.25) is 0 Å². The molecule has 6 atom stereocenters. The standard InChI is InChI=1S/C23H30O7/c1-14-16(28-18(24)13-17(14)27-6)11-9-7-8-10-12-21(3)19(25)23(5)20(26)22(4,30-21)15(2)29-23/h7-13,15,19-20,25-26H,1-6H3/b8-7+,11-9+,12-10+/t15-,19+,20+,21-,22+,23+/m1/s1. The van der Waals surface area contributed by atoms with Gasteiger partial charge in [-0.1, -0.05) is 30.4 Å². The fourth-order valence-corrected chi connectivity index (χ4v) is 4.37. The maximum Gasteiger partial charge on any atom is 0.339 e. The van der Waals surface area contributed by atoms with Crippen molar-refractivity contribution >= 4 is 6.08 Å². The number of methoxy groups -OCH3 is 1. The first-order chi connectivity index (χ1) is 14.0. The van der Waals surface area contributed by atoms with E-state index >= 15 is 0 Å². The van der Waals surface area contributed by atoms with Gasteiger partial charge in [-0.25, -0.2) is 4.79 Å². The van der Waals surface area contributed by atoms with E-state index in [4.69, 9.17) is 18.6 Å². The van der Waals surface area contributed by atoms with Crippen molar-refractivity contribution < 1.29 is 28.8 Å². The Bertz CT molecular complexity index is 945. The summed E-state index contributed by atoms with van der Waals surface area (Å²) in [4.78, 5) is 11.6. The van der Waals surface area contributed by atoms with E-state index in [1.165, 1.54) is 13.2 Å². The van der Waals surface area contributed by atoms with E-state index < -0.39 is 34.6 Å². The van der Waals surface area contributed by atoms with Crippen molar-refractivity contribution in [2.45, 2.75) is 69.7 Å². The van der Waals surface area contributed by atoms with Gasteiger partial charge in [0.15, 0.2) is 0 Å². The summed E-state index contributed by atoms with van der Waals surface area (Å²) in [6.07, 6.45) is 8.11. The van der Waals surface area contributed by atoms with Crippen LogP contribution in [0, 0.1) is 6.92 Å². The first kappa shape index (κ1) is 22.5. The highest BCUT2D eigenvalue weighted by molar-refractivity contribution is 5.52. The molecule has 0 aliphatic carbocycles. The zero-order chi connectivity index (χ0) is 22.3. The van der Waals surface area contributed by atoms with Gasteiger partial charge in [0.25, 0.3) is 0 Å². The molecule has 7 heteroatoms. The smallest absolute Gasteiger partial charge is 0.339 e. The molecule has 2 bridgehead atoms. The van der Waals surface area contributed by atoms with Crippen LogP contribution in [-0.4, -0.2) is 52.4 Å². The topological polar surface area (TPSA) is 98.4 Å². The molecule has 1 aromatic heterocycles. The molecule has 0 radical (unpaired) electrons. The maximum absolute atomic E-state index is 11.6. The SMILES string of the molecule is COc1cc(=O)oc(/C=C/C=C/C=C/[C@@]2(C)O[C@]3(C)[C@H](O)[C@@](C)(O[C@@H]3C)[C@H]2O)c1C. The predicted molar refractivity (Wildman–Crippen MR) is 112 cm³/mol. The third-order valence-corrected chi connectivity index (χ3v) is 6.28. The number of allylic oxidation sites excluding steroid dienone is 4. The highest BCUT2D eigenvalue weighted by Crippen LogP contribution is 2.52. The van der Waals surface area contributed by atoms with Crippen LogP contribution in [0.3, 0.4) is 0 Å². The summed E-state index contributed by atoms with van der Waals surface area (Å²) >= 11 is 0. The number of hydrogen-bond donors (Lipinski definition) is 2. The highest BCUT2D eigenvalue weighted by atomic mass is 16.6. The van der Waals surface area contributed by atoms with E-state index in [2.05, 4.69) is 0 Å². The molecular formula is C23H30O7. The van der Waals surface area contributed by atoms with Gasteiger partial charge in [-0.2, -0.15) is 0 Å². The molecule has 0 spiro atoms. The zero-order valence-corrected chi connectivity index (χ0v) is 18.2. The molecule has 2 aliphatic heterocycles. The van der Waals surface area contributed by atoms with Crippen LogP contribution < -0.4 is 10.4 Å². The Balaban J connectivity index is 1.74. The second kappa shape index (κ2) is 7.81. The van der Waals surface area contributed by atoms with Crippen molar-refractivity contribution in [1.82, 2.24) is 0 Å². The lowest BCUT2D eigenvalue weighted by Gasteiger charge is -2.51. The molecule has 3 rings (SSSR count). The van der Waals surface area contributed by atoms with E-state index in [1.807, 2.05) is 6.92 Å². The van der Waals surface area contributed by atoms with Crippen molar-refractivity contribution in [1.29, 1.82) is 0 Å². The molecule has 164 valence electrons. The normalized spacial score (nSPS) is 38.9. The van der Waals surface area contributed by atoms with E-state index in [9.17, 15) is 15.0 Å². The number of ether oxygens (including phenoxy) is 3. The van der Waals surface area contributed by atoms with E-state index in [-0.39, 0.29) is 6.10 Å². The van der Waals surface area contributed by atoms with Crippen LogP contribution in [0.15, 0.2) is 45.7 Å². The Morgan fingerprint density at radius 3 is 2.40 bits per heavy atom. The van der Waals surface area contributed by atoms with Crippen LogP contribution >= 0.6 is 0 Å². The van der Waals surface area contributed by atoms with E-state index in [0.717, 1.165) is 5.56 Å². The van der Waals surface area contributed by atoms with Crippen LogP contribution in [0.2, 0.25) is 0 Å². The maximum atomic E-state index is 11.6. The lowest BCUT2D eigenvalue weighted by Crippen LogP contribution is -2.69. The minimum absolute atomic E-state index is 0.360. The number of rotatable bonds is 5. The third-order valence-electron chi connectivity index (χ3n) is 6.28. The van der Waals surface area contributed by atoms with Crippen LogP contribution in [-0.2, 0) is 9.47 Å². The summed E-state index contributed by atoms with van der Waals surface area (Å²) < 4.78 is 22.4. The number of aliphatic hydroxyl groups excluding tert-OH is 2. The molecule has 0 aromatic carbocycles. The molecule has 7 nitrogen and oxygen atoms in total. The molecule has 0 unspecified atom stereocenters. The van der Waals surface area contributed by atoms with E-state index in [1.54, 1.807) is 64.2 Å². The van der Waals surface area contributed by atoms with Crippen molar-refractivity contribution in [2.24, 2.45) is 0 Å². The summed E-state index contributed by atoms with van der Waals surface area (Å²) in [5.41, 5.74) is -2.81. The van der Waals surface area contributed by atoms with Gasteiger partial charge < -0.3 is 28.8 Å². The summed E-state index contributed by atoms with van der Waals surface area (Å²) in [6.45, 7) is 8.92. The Hall–Kier alpha value is -2.19. The molecule has 3 heterocycles. The minimum Gasteiger partial charge on any atom is -0.496 e. The average Bonchev–Trinajstić information content (AvgIpc) is 2.82. The molecular weight excluding hydrogens is 388 g/mol. The van der Waals surface area contributed by atoms with Crippen LogP contribution in [0.5, 0.6) is 5.75 Å². The molecule has 30 heavy (non-hydrogen) atoms. The Labute approximate surface area is 176 Å². The summed E-state index contributed by atoms with van der Waals surface area (Å²) in [7, 11) is 1.50. The Kier molecular flexibility index (Phi) is 5.86. The lowest BCUT2D eigenvalue weighted by atomic mass is 9.73. The van der Waals surface area contributed by atoms with Gasteiger partial charge in [0, 0.05) is 5.56 Å². The van der Waals surface area contributed by atoms with Crippen molar-refractivity contribution in [3.8, 4) is 5.75 Å². The predicted octanol–water partition coefficient (Wildman–Crippen LogP) is 2.53. The number of fused-ring (bicyclic) bond motifs is 2. The summed E-state index contributed by atoms with van der Waals surface area (Å²) in [5, 5.41) is 21.5. The quantitative estimate of drug-likeness (QED) is 0.709. The summed E-state index contributed by atoms with van der Waals surface area (Å²) in [6, 6.07) is 1.30. The minimum atomic E-state index is -1.11. The average molecular weight is 418 g/mol. The Morgan fingerprint density at radius 1 is 1.07 bits per heavy atom. The van der Waals surface area contributed by atoms with Crippen molar-refractivity contribution in [3.05, 3.63) is 58.2 Å². The first-order valence-electron chi connectivity index (χ1n) is 9.93. The summed E-state index contributed by atoms with van der Waals surface area (Å²) in [5.74, 6) is 0.893. The molecule has 2 aliphatic rings. The van der Waals surface area contributed by atoms with Gasteiger partial charge in [0.1, 0.15) is 40.5 Å². The van der Waals surface area contributed by atoms with Gasteiger partial charge in [0.05, 0.1) is 19.3 Å². The largest absolute Gasteiger partial charge is 0.496 e. The lowest BCUT2D eigenvalue weighted by molar-refractivity contribution is -0.261. The number of hydrogen-bond acceptors (Lipinski definition) is 7. The molecule has 2 saturated heterocycles. The third kappa shape index (κ3) is 3.56. The zero-order valence-electron chi connectivity index (χ0n) is 18.2. The fourth-order valence-electron chi connectivity index (χ4n) is 4.37. The van der Waals surface area contributed by atoms with Crippen molar-refractivity contribution in [2.75, 3.05) is 7.11 Å². The van der Waals surface area contributed by atoms with Gasteiger partial charge in [-0.15, -0.1) is 0 Å². The van der Waals surface area contributed by atoms with E-state index in [0.29, 0.717) is 11.5 Å². The fraction of sp³-hybridized carbons (Fsp3) is 0.522. The monoisotopic (exact) mass is 418 g/mol. The van der Waals surface area contributed by atoms with Crippen molar-refractivity contribution in [3.63, 3.8) is 0 Å². The molecule has 2 fully saturated rings. The van der Waals surface area contributed by atoms with Gasteiger partial charge in [-0.3, -0.25) is 0 Å². The first-order valence-corrected chi connectivity index (χ1v) is 9.93. The molecule has 1 aromatic rings. The highest BCUT2D eigenvalue weighted by Gasteiger charge is 2.70. The second-order valence-electron chi connectivity index (χ2n) is 8.44. The molecule has 0 saturated carbocycles.